The molecular formula is C22H29NO3. The highest BCUT2D eigenvalue weighted by Gasteiger charge is 2.88. The predicted octanol–water partition coefficient (Wildman–Crippen LogP) is 2.51. The molecule has 0 aromatic carbocycles. The van der Waals surface area contributed by atoms with E-state index in [0.29, 0.717) is 30.1 Å². The molecule has 8 fully saturated rings. The van der Waals surface area contributed by atoms with Crippen LogP contribution in [0.2, 0.25) is 0 Å². The summed E-state index contributed by atoms with van der Waals surface area (Å²) < 4.78 is 6.30. The molecule has 8 aliphatic rings. The van der Waals surface area contributed by atoms with E-state index in [1.165, 1.54) is 5.57 Å². The molecule has 8 rings (SSSR count). The van der Waals surface area contributed by atoms with Crippen LogP contribution in [-0.4, -0.2) is 46.8 Å². The Morgan fingerprint density at radius 1 is 1.31 bits per heavy atom. The fraction of sp³-hybridized carbons (Fsp3) is 0.864. The van der Waals surface area contributed by atoms with Gasteiger partial charge in [-0.15, -0.1) is 0 Å². The lowest BCUT2D eigenvalue weighted by Gasteiger charge is -2.70. The first-order valence-corrected chi connectivity index (χ1v) is 10.7. The van der Waals surface area contributed by atoms with Gasteiger partial charge in [-0.25, -0.2) is 0 Å². The second-order valence-electron chi connectivity index (χ2n) is 11.0. The number of allylic oxidation sites excluding steroid dienone is 1. The van der Waals surface area contributed by atoms with Gasteiger partial charge < -0.3 is 9.84 Å². The molecule has 0 aromatic rings. The van der Waals surface area contributed by atoms with Crippen LogP contribution in [0.1, 0.15) is 51.9 Å². The molecule has 6 bridgehead atoms. The fourth-order valence-corrected chi connectivity index (χ4v) is 10.2. The minimum absolute atomic E-state index is 0.0126. The molecule has 2 saturated heterocycles. The smallest absolute Gasteiger partial charge is 0.138 e. The van der Waals surface area contributed by atoms with Crippen molar-refractivity contribution in [1.82, 2.24) is 4.90 Å². The van der Waals surface area contributed by atoms with Crippen molar-refractivity contribution in [3.63, 3.8) is 0 Å². The average Bonchev–Trinajstić information content (AvgIpc) is 3.05. The summed E-state index contributed by atoms with van der Waals surface area (Å²) in [4.78, 5) is 16.3. The van der Waals surface area contributed by atoms with Gasteiger partial charge in [-0.1, -0.05) is 25.5 Å². The third-order valence-corrected chi connectivity index (χ3v) is 10.6. The number of nitrogens with zero attached hydrogens (tertiary/aromatic N) is 1. The number of piperidine rings is 1. The second-order valence-corrected chi connectivity index (χ2v) is 11.0. The Kier molecular flexibility index (Phi) is 2.35. The van der Waals surface area contributed by atoms with E-state index in [0.717, 1.165) is 51.7 Å². The van der Waals surface area contributed by atoms with E-state index in [4.69, 9.17) is 4.74 Å². The summed E-state index contributed by atoms with van der Waals surface area (Å²) in [6, 6.07) is 0.336. The number of ether oxygens (including phenoxy) is 1. The van der Waals surface area contributed by atoms with Crippen molar-refractivity contribution in [2.45, 2.75) is 69.7 Å². The molecule has 4 heteroatoms. The molecule has 2 aliphatic heterocycles. The van der Waals surface area contributed by atoms with Crippen molar-refractivity contribution in [1.29, 1.82) is 0 Å². The molecule has 140 valence electrons. The van der Waals surface area contributed by atoms with Gasteiger partial charge in [-0.2, -0.15) is 0 Å². The van der Waals surface area contributed by atoms with Crippen molar-refractivity contribution in [2.75, 3.05) is 13.2 Å². The minimum Gasteiger partial charge on any atom is -0.389 e. The number of ketones is 1. The first-order chi connectivity index (χ1) is 12.4. The van der Waals surface area contributed by atoms with Crippen molar-refractivity contribution >= 4 is 5.78 Å². The number of aliphatic hydroxyl groups is 1. The normalized spacial score (nSPS) is 64.8. The maximum absolute atomic E-state index is 13.7. The summed E-state index contributed by atoms with van der Waals surface area (Å²) >= 11 is 0. The zero-order valence-corrected chi connectivity index (χ0v) is 15.7. The highest BCUT2D eigenvalue weighted by molar-refractivity contribution is 5.87. The Balaban J connectivity index is 1.57. The first kappa shape index (κ1) is 15.2. The fourth-order valence-electron chi connectivity index (χ4n) is 10.2. The molecule has 6 saturated carbocycles. The summed E-state index contributed by atoms with van der Waals surface area (Å²) in [5, 5.41) is 12.5. The van der Waals surface area contributed by atoms with Crippen LogP contribution in [0.25, 0.3) is 0 Å². The van der Waals surface area contributed by atoms with Crippen LogP contribution in [0.5, 0.6) is 0 Å². The van der Waals surface area contributed by atoms with Gasteiger partial charge in [-0.05, 0) is 43.9 Å². The zero-order valence-electron chi connectivity index (χ0n) is 15.7. The lowest BCUT2D eigenvalue weighted by molar-refractivity contribution is -0.282. The minimum atomic E-state index is -0.673. The van der Waals surface area contributed by atoms with E-state index in [-0.39, 0.29) is 28.4 Å². The number of carbonyl (C=O) groups is 1. The summed E-state index contributed by atoms with van der Waals surface area (Å²) in [5.74, 6) is 1.32. The SMILES string of the molecule is C=C1CC23CC(=O)C4C5(C)CCCC46C(C2CC1CC36O)N1CCOC15. The standard InChI is InChI=1S/C22H29NO3/c1-12-9-20-11-15(24)16-19(2)4-3-5-21(16)17(23-6-7-26-18(19)23)14(20)8-13(12)10-22(20,21)25/h13-14,16-18,25H,1,3-11H2,2H3. The second kappa shape index (κ2) is 4.01. The molecule has 2 heterocycles. The molecule has 6 aliphatic carbocycles. The highest BCUT2D eigenvalue weighted by atomic mass is 16.5. The number of carbonyl (C=O) groups excluding carboxylic acids is 1. The van der Waals surface area contributed by atoms with E-state index in [1.54, 1.807) is 0 Å². The molecule has 26 heavy (non-hydrogen) atoms. The van der Waals surface area contributed by atoms with Gasteiger partial charge >= 0.3 is 0 Å². The van der Waals surface area contributed by atoms with Crippen molar-refractivity contribution in [2.24, 2.45) is 34.0 Å². The van der Waals surface area contributed by atoms with Crippen molar-refractivity contribution in [3.05, 3.63) is 12.2 Å². The van der Waals surface area contributed by atoms with E-state index >= 15 is 0 Å². The lowest BCUT2D eigenvalue weighted by atomic mass is 9.37. The van der Waals surface area contributed by atoms with Crippen molar-refractivity contribution < 1.29 is 14.6 Å². The molecule has 9 atom stereocenters. The molecular weight excluding hydrogens is 326 g/mol. The third-order valence-electron chi connectivity index (χ3n) is 10.6. The maximum Gasteiger partial charge on any atom is 0.138 e. The van der Waals surface area contributed by atoms with Gasteiger partial charge in [-0.3, -0.25) is 9.69 Å². The average molecular weight is 355 g/mol. The monoisotopic (exact) mass is 355 g/mol. The number of fused-ring (bicyclic) bond motifs is 4. The highest BCUT2D eigenvalue weighted by Crippen LogP contribution is 2.84. The van der Waals surface area contributed by atoms with Crippen LogP contribution < -0.4 is 0 Å². The van der Waals surface area contributed by atoms with Crippen LogP contribution in [0.15, 0.2) is 12.2 Å². The summed E-state index contributed by atoms with van der Waals surface area (Å²) in [7, 11) is 0. The first-order valence-electron chi connectivity index (χ1n) is 10.7. The molecule has 1 N–H and O–H groups in total. The Bertz CT molecular complexity index is 779. The quantitative estimate of drug-likeness (QED) is 0.679. The summed E-state index contributed by atoms with van der Waals surface area (Å²) in [6.45, 7) is 8.43. The van der Waals surface area contributed by atoms with Crippen LogP contribution in [0.4, 0.5) is 0 Å². The number of Topliss-reactive ketones (excluding diaryl/α,β-unsaturated/α-hetero) is 1. The lowest BCUT2D eigenvalue weighted by Crippen LogP contribution is -2.76. The van der Waals surface area contributed by atoms with E-state index in [1.807, 2.05) is 0 Å². The van der Waals surface area contributed by atoms with E-state index in [9.17, 15) is 9.90 Å². The predicted molar refractivity (Wildman–Crippen MR) is 95.1 cm³/mol. The summed E-state index contributed by atoms with van der Waals surface area (Å²) in [5.41, 5.74) is 0.0210. The van der Waals surface area contributed by atoms with E-state index < -0.39 is 5.60 Å². The topological polar surface area (TPSA) is 49.8 Å². The molecule has 0 aromatic heterocycles. The van der Waals surface area contributed by atoms with Gasteiger partial charge in [0.25, 0.3) is 0 Å². The Morgan fingerprint density at radius 3 is 3.00 bits per heavy atom. The van der Waals surface area contributed by atoms with Crippen LogP contribution >= 0.6 is 0 Å². The van der Waals surface area contributed by atoms with Crippen LogP contribution in [-0.2, 0) is 9.53 Å². The van der Waals surface area contributed by atoms with Gasteiger partial charge in [0.05, 0.1) is 12.2 Å². The molecule has 0 radical (unpaired) electrons. The molecule has 2 spiro atoms. The maximum atomic E-state index is 13.7. The number of hydrogen-bond donors (Lipinski definition) is 1. The Hall–Kier alpha value is -0.710. The van der Waals surface area contributed by atoms with Gasteiger partial charge in [0.2, 0.25) is 0 Å². The van der Waals surface area contributed by atoms with Crippen LogP contribution in [0, 0.1) is 34.0 Å². The molecule has 0 amide bonds. The Labute approximate surface area is 155 Å². The number of hydrogen-bond acceptors (Lipinski definition) is 4. The largest absolute Gasteiger partial charge is 0.389 e. The molecule has 4 nitrogen and oxygen atoms in total. The Morgan fingerprint density at radius 2 is 2.15 bits per heavy atom. The number of rotatable bonds is 0. The van der Waals surface area contributed by atoms with E-state index in [2.05, 4.69) is 18.4 Å². The van der Waals surface area contributed by atoms with Gasteiger partial charge in [0.1, 0.15) is 12.0 Å². The third kappa shape index (κ3) is 1.15. The van der Waals surface area contributed by atoms with Gasteiger partial charge in [0, 0.05) is 41.2 Å². The summed E-state index contributed by atoms with van der Waals surface area (Å²) in [6.07, 6.45) is 6.75. The zero-order chi connectivity index (χ0) is 17.7. The van der Waals surface area contributed by atoms with Crippen LogP contribution in [0.3, 0.4) is 0 Å². The van der Waals surface area contributed by atoms with Crippen molar-refractivity contribution in [3.8, 4) is 0 Å². The molecule has 9 unspecified atom stereocenters. The van der Waals surface area contributed by atoms with Gasteiger partial charge in [0.15, 0.2) is 0 Å².